The number of amides is 1. The molecule has 0 saturated heterocycles. The first-order valence-corrected chi connectivity index (χ1v) is 6.74. The summed E-state index contributed by atoms with van der Waals surface area (Å²) in [5, 5.41) is 3.04. The molecule has 1 aliphatic carbocycles. The molecule has 0 unspecified atom stereocenters. The smallest absolute Gasteiger partial charge is 0.309 e. The minimum absolute atomic E-state index is 0.0271. The number of ether oxygens (including phenoxy) is 2. The Morgan fingerprint density at radius 3 is 2.65 bits per heavy atom. The van der Waals surface area contributed by atoms with Gasteiger partial charge in [0.05, 0.1) is 18.1 Å². The second kappa shape index (κ2) is 6.13. The number of carbonyl (C=O) groups is 2. The number of halogens is 1. The van der Waals surface area contributed by atoms with E-state index in [-0.39, 0.29) is 17.8 Å². The molecule has 1 aromatic carbocycles. The Kier molecular flexibility index (Phi) is 4.49. The SMILES string of the molecule is COc1ccc(NC(=O)[C@H](C)OC(=O)C2CC2)cc1Cl. The Balaban J connectivity index is 1.92. The predicted octanol–water partition coefficient (Wildman–Crippen LogP) is 2.63. The van der Waals surface area contributed by atoms with Crippen LogP contribution in [0.15, 0.2) is 18.2 Å². The average molecular weight is 298 g/mol. The standard InChI is InChI=1S/C14H16ClNO4/c1-8(20-14(18)9-3-4-9)13(17)16-10-5-6-12(19-2)11(15)7-10/h5-9H,3-4H2,1-2H3,(H,16,17)/t8-/m0/s1. The molecule has 0 heterocycles. The molecule has 5 nitrogen and oxygen atoms in total. The van der Waals surface area contributed by atoms with Crippen LogP contribution >= 0.6 is 11.6 Å². The molecular formula is C14H16ClNO4. The highest BCUT2D eigenvalue weighted by Gasteiger charge is 2.33. The van der Waals surface area contributed by atoms with Crippen molar-refractivity contribution in [3.8, 4) is 5.75 Å². The van der Waals surface area contributed by atoms with Crippen molar-refractivity contribution >= 4 is 29.2 Å². The van der Waals surface area contributed by atoms with Gasteiger partial charge in [-0.3, -0.25) is 9.59 Å². The van der Waals surface area contributed by atoms with E-state index in [9.17, 15) is 9.59 Å². The van der Waals surface area contributed by atoms with Gasteiger partial charge in [-0.15, -0.1) is 0 Å². The van der Waals surface area contributed by atoms with Gasteiger partial charge in [0.2, 0.25) is 0 Å². The summed E-state index contributed by atoms with van der Waals surface area (Å²) in [6.07, 6.45) is 0.867. The van der Waals surface area contributed by atoms with Crippen LogP contribution in [0.5, 0.6) is 5.75 Å². The van der Waals surface area contributed by atoms with Crippen molar-refractivity contribution in [1.82, 2.24) is 0 Å². The van der Waals surface area contributed by atoms with Gasteiger partial charge < -0.3 is 14.8 Å². The van der Waals surface area contributed by atoms with Crippen LogP contribution in [0, 0.1) is 5.92 Å². The van der Waals surface area contributed by atoms with E-state index in [1.54, 1.807) is 25.1 Å². The van der Waals surface area contributed by atoms with E-state index < -0.39 is 6.10 Å². The summed E-state index contributed by atoms with van der Waals surface area (Å²) in [7, 11) is 1.51. The summed E-state index contributed by atoms with van der Waals surface area (Å²) in [6, 6.07) is 4.89. The molecule has 108 valence electrons. The molecule has 0 bridgehead atoms. The van der Waals surface area contributed by atoms with Gasteiger partial charge >= 0.3 is 5.97 Å². The van der Waals surface area contributed by atoms with E-state index >= 15 is 0 Å². The van der Waals surface area contributed by atoms with Crippen LogP contribution in [0.3, 0.4) is 0 Å². The van der Waals surface area contributed by atoms with E-state index in [2.05, 4.69) is 5.32 Å². The number of hydrogen-bond donors (Lipinski definition) is 1. The lowest BCUT2D eigenvalue weighted by molar-refractivity contribution is -0.154. The van der Waals surface area contributed by atoms with Gasteiger partial charge in [-0.25, -0.2) is 0 Å². The molecule has 1 amide bonds. The van der Waals surface area contributed by atoms with Crippen LogP contribution in [0.25, 0.3) is 0 Å². The zero-order chi connectivity index (χ0) is 14.7. The van der Waals surface area contributed by atoms with Crippen LogP contribution < -0.4 is 10.1 Å². The summed E-state index contributed by atoms with van der Waals surface area (Å²) in [5.74, 6) is -0.195. The molecule has 1 saturated carbocycles. The number of benzene rings is 1. The first-order chi connectivity index (χ1) is 9.51. The number of esters is 1. The minimum Gasteiger partial charge on any atom is -0.495 e. The zero-order valence-corrected chi connectivity index (χ0v) is 12.1. The molecular weight excluding hydrogens is 282 g/mol. The Labute approximate surface area is 122 Å². The van der Waals surface area contributed by atoms with Gasteiger partial charge in [0, 0.05) is 5.69 Å². The van der Waals surface area contributed by atoms with Gasteiger partial charge in [-0.05, 0) is 38.0 Å². The molecule has 6 heteroatoms. The Bertz CT molecular complexity index is 528. The second-order valence-corrected chi connectivity index (χ2v) is 5.10. The molecule has 1 N–H and O–H groups in total. The number of rotatable bonds is 5. The molecule has 1 aliphatic rings. The molecule has 0 radical (unpaired) electrons. The van der Waals surface area contributed by atoms with E-state index in [4.69, 9.17) is 21.1 Å². The summed E-state index contributed by atoms with van der Waals surface area (Å²) >= 11 is 5.97. The molecule has 1 fully saturated rings. The third-order valence-electron chi connectivity index (χ3n) is 2.99. The van der Waals surface area contributed by atoms with Crippen molar-refractivity contribution in [2.24, 2.45) is 5.92 Å². The first-order valence-electron chi connectivity index (χ1n) is 6.36. The van der Waals surface area contributed by atoms with Gasteiger partial charge in [-0.2, -0.15) is 0 Å². The lowest BCUT2D eigenvalue weighted by atomic mass is 10.2. The van der Waals surface area contributed by atoms with Crippen molar-refractivity contribution in [3.63, 3.8) is 0 Å². The van der Waals surface area contributed by atoms with Gasteiger partial charge in [0.15, 0.2) is 6.10 Å². The van der Waals surface area contributed by atoms with Crippen molar-refractivity contribution < 1.29 is 19.1 Å². The number of nitrogens with one attached hydrogen (secondary N) is 1. The molecule has 2 rings (SSSR count). The molecule has 0 spiro atoms. The highest BCUT2D eigenvalue weighted by molar-refractivity contribution is 6.32. The topological polar surface area (TPSA) is 64.6 Å². The number of carbonyl (C=O) groups excluding carboxylic acids is 2. The fraction of sp³-hybridized carbons (Fsp3) is 0.429. The van der Waals surface area contributed by atoms with E-state index in [1.165, 1.54) is 7.11 Å². The zero-order valence-electron chi connectivity index (χ0n) is 11.3. The molecule has 1 atom stereocenters. The maximum atomic E-state index is 11.9. The second-order valence-electron chi connectivity index (χ2n) is 4.69. The summed E-state index contributed by atoms with van der Waals surface area (Å²) < 4.78 is 10.1. The lowest BCUT2D eigenvalue weighted by Gasteiger charge is -2.14. The summed E-state index contributed by atoms with van der Waals surface area (Å²) in [5.41, 5.74) is 0.523. The van der Waals surface area contributed by atoms with Crippen molar-refractivity contribution in [2.75, 3.05) is 12.4 Å². The largest absolute Gasteiger partial charge is 0.495 e. The summed E-state index contributed by atoms with van der Waals surface area (Å²) in [6.45, 7) is 1.54. The molecule has 1 aromatic rings. The van der Waals surface area contributed by atoms with Crippen molar-refractivity contribution in [2.45, 2.75) is 25.9 Å². The van der Waals surface area contributed by atoms with Crippen LogP contribution in [-0.2, 0) is 14.3 Å². The monoisotopic (exact) mass is 297 g/mol. The number of hydrogen-bond acceptors (Lipinski definition) is 4. The highest BCUT2D eigenvalue weighted by Crippen LogP contribution is 2.30. The van der Waals surface area contributed by atoms with E-state index in [0.29, 0.717) is 16.5 Å². The number of anilines is 1. The molecule has 0 aliphatic heterocycles. The van der Waals surface area contributed by atoms with Crippen molar-refractivity contribution in [1.29, 1.82) is 0 Å². The van der Waals surface area contributed by atoms with Crippen LogP contribution in [0.2, 0.25) is 5.02 Å². The van der Waals surface area contributed by atoms with Crippen LogP contribution in [-0.4, -0.2) is 25.1 Å². The van der Waals surface area contributed by atoms with Crippen LogP contribution in [0.4, 0.5) is 5.69 Å². The maximum Gasteiger partial charge on any atom is 0.309 e. The van der Waals surface area contributed by atoms with Gasteiger partial charge in [0.1, 0.15) is 5.75 Å². The third kappa shape index (κ3) is 3.63. The van der Waals surface area contributed by atoms with Crippen LogP contribution in [0.1, 0.15) is 19.8 Å². The Morgan fingerprint density at radius 1 is 1.40 bits per heavy atom. The predicted molar refractivity (Wildman–Crippen MR) is 74.9 cm³/mol. The lowest BCUT2D eigenvalue weighted by Crippen LogP contribution is -2.30. The minimum atomic E-state index is -0.830. The van der Waals surface area contributed by atoms with Gasteiger partial charge in [0.25, 0.3) is 5.91 Å². The third-order valence-corrected chi connectivity index (χ3v) is 3.29. The van der Waals surface area contributed by atoms with Crippen molar-refractivity contribution in [3.05, 3.63) is 23.2 Å². The van der Waals surface area contributed by atoms with E-state index in [1.807, 2.05) is 0 Å². The average Bonchev–Trinajstić information content (AvgIpc) is 3.23. The fourth-order valence-corrected chi connectivity index (χ4v) is 1.89. The first kappa shape index (κ1) is 14.7. The Morgan fingerprint density at radius 2 is 2.10 bits per heavy atom. The Hall–Kier alpha value is -1.75. The number of methoxy groups -OCH3 is 1. The van der Waals surface area contributed by atoms with E-state index in [0.717, 1.165) is 12.8 Å². The fourth-order valence-electron chi connectivity index (χ4n) is 1.63. The molecule has 0 aromatic heterocycles. The summed E-state index contributed by atoms with van der Waals surface area (Å²) in [4.78, 5) is 23.4. The highest BCUT2D eigenvalue weighted by atomic mass is 35.5. The normalized spacial score (nSPS) is 15.3. The maximum absolute atomic E-state index is 11.9. The quantitative estimate of drug-likeness (QED) is 0.849. The molecule has 20 heavy (non-hydrogen) atoms. The van der Waals surface area contributed by atoms with Gasteiger partial charge in [-0.1, -0.05) is 11.6 Å².